The Bertz CT molecular complexity index is 662. The number of carbonyl (C=O) groups is 1. The number of cyclic esters (lactones) is 1. The van der Waals surface area contributed by atoms with E-state index in [4.69, 9.17) is 15.9 Å². The fourth-order valence-corrected chi connectivity index (χ4v) is 1.97. The van der Waals surface area contributed by atoms with Gasteiger partial charge in [-0.25, -0.2) is 4.79 Å². The van der Waals surface area contributed by atoms with Crippen LogP contribution in [-0.2, 0) is 4.74 Å². The molecule has 0 unspecified atom stereocenters. The monoisotopic (exact) mass is 295 g/mol. The molecule has 2 aromatic rings. The number of methoxy groups -OCH3 is 1. The van der Waals surface area contributed by atoms with Gasteiger partial charge in [0.15, 0.2) is 0 Å². The van der Waals surface area contributed by atoms with Gasteiger partial charge < -0.3 is 14.8 Å². The van der Waals surface area contributed by atoms with Crippen LogP contribution in [0.25, 0.3) is 0 Å². The van der Waals surface area contributed by atoms with E-state index in [1.54, 1.807) is 7.11 Å². The fraction of sp³-hybridized carbons (Fsp3) is 0.167. The highest BCUT2D eigenvalue weighted by Crippen LogP contribution is 2.18. The number of hydrogen-bond acceptors (Lipinski definition) is 3. The van der Waals surface area contributed by atoms with E-state index in [9.17, 15) is 4.79 Å². The lowest BCUT2D eigenvalue weighted by Crippen LogP contribution is -2.18. The first-order valence-corrected chi connectivity index (χ1v) is 6.82. The van der Waals surface area contributed by atoms with Gasteiger partial charge in [0.05, 0.1) is 13.2 Å². The van der Waals surface area contributed by atoms with Gasteiger partial charge in [-0.1, -0.05) is 36.3 Å². The minimum atomic E-state index is -0.374. The highest BCUT2D eigenvalue weighted by atomic mass is 16.6. The summed E-state index contributed by atoms with van der Waals surface area (Å²) in [5, 5.41) is 2.69. The molecule has 0 aliphatic carbocycles. The van der Waals surface area contributed by atoms with Crippen LogP contribution in [-0.4, -0.2) is 19.8 Å². The molecular formula is C18H17NO3. The highest BCUT2D eigenvalue weighted by Gasteiger charge is 2.23. The molecule has 0 bridgehead atoms. The Morgan fingerprint density at radius 3 is 2.55 bits per heavy atom. The summed E-state index contributed by atoms with van der Waals surface area (Å²) in [5.74, 6) is 3.46. The Hall–Kier alpha value is -2.93. The quantitative estimate of drug-likeness (QED) is 0.866. The number of rotatable bonds is 2. The third-order valence-corrected chi connectivity index (χ3v) is 3.11. The standard InChI is InChI=1S/C11H9NO2.C7H8O/c1-2-8-4-3-5-9(6-8)10-7-14-11(13)12-10;1-8-7-5-3-2-4-6-7/h1,3-6,10H,7H2,(H,12,13);2-6H,1H3/t10-;/m0./s1. The first-order chi connectivity index (χ1) is 10.7. The average Bonchev–Trinajstić information content (AvgIpc) is 3.03. The van der Waals surface area contributed by atoms with Crippen LogP contribution in [0.1, 0.15) is 17.2 Å². The number of ether oxygens (including phenoxy) is 2. The van der Waals surface area contributed by atoms with E-state index in [0.29, 0.717) is 6.61 Å². The number of nitrogens with one attached hydrogen (secondary N) is 1. The SMILES string of the molecule is C#Cc1cccc([C@@H]2COC(=O)N2)c1.COc1ccccc1. The normalized spacial score (nSPS) is 15.6. The lowest BCUT2D eigenvalue weighted by molar-refractivity contribution is 0.177. The number of benzene rings is 2. The van der Waals surface area contributed by atoms with Crippen LogP contribution >= 0.6 is 0 Å². The molecule has 4 nitrogen and oxygen atoms in total. The Balaban J connectivity index is 0.000000188. The van der Waals surface area contributed by atoms with Gasteiger partial charge in [-0.15, -0.1) is 6.42 Å². The minimum absolute atomic E-state index is 0.0733. The lowest BCUT2D eigenvalue weighted by atomic mass is 10.1. The minimum Gasteiger partial charge on any atom is -0.497 e. The molecule has 0 spiro atoms. The molecule has 1 amide bonds. The van der Waals surface area contributed by atoms with Gasteiger partial charge in [-0.3, -0.25) is 0 Å². The zero-order valence-electron chi connectivity index (χ0n) is 12.3. The molecule has 1 N–H and O–H groups in total. The van der Waals surface area contributed by atoms with Crippen molar-refractivity contribution in [1.29, 1.82) is 0 Å². The molecule has 0 radical (unpaired) electrons. The molecule has 1 fully saturated rings. The molecule has 112 valence electrons. The summed E-state index contributed by atoms with van der Waals surface area (Å²) in [7, 11) is 1.66. The maximum absolute atomic E-state index is 10.8. The fourth-order valence-electron chi connectivity index (χ4n) is 1.97. The summed E-state index contributed by atoms with van der Waals surface area (Å²) < 4.78 is 9.71. The zero-order chi connectivity index (χ0) is 15.8. The number of hydrogen-bond donors (Lipinski definition) is 1. The van der Waals surface area contributed by atoms with Crippen LogP contribution in [0.2, 0.25) is 0 Å². The van der Waals surface area contributed by atoms with Crippen molar-refractivity contribution in [2.45, 2.75) is 6.04 Å². The third kappa shape index (κ3) is 4.29. The number of alkyl carbamates (subject to hydrolysis) is 1. The van der Waals surface area contributed by atoms with Crippen molar-refractivity contribution in [3.8, 4) is 18.1 Å². The first-order valence-electron chi connectivity index (χ1n) is 6.82. The van der Waals surface area contributed by atoms with Gasteiger partial charge in [-0.2, -0.15) is 0 Å². The molecule has 1 aliphatic heterocycles. The molecule has 22 heavy (non-hydrogen) atoms. The van der Waals surface area contributed by atoms with Crippen molar-refractivity contribution in [3.63, 3.8) is 0 Å². The van der Waals surface area contributed by atoms with Crippen molar-refractivity contribution >= 4 is 6.09 Å². The number of para-hydroxylation sites is 1. The second kappa shape index (κ2) is 7.75. The Kier molecular flexibility index (Phi) is 5.44. The summed E-state index contributed by atoms with van der Waals surface area (Å²) in [6, 6.07) is 17.1. The highest BCUT2D eigenvalue weighted by molar-refractivity contribution is 5.70. The maximum atomic E-state index is 10.8. The van der Waals surface area contributed by atoms with Crippen LogP contribution < -0.4 is 10.1 Å². The first kappa shape index (κ1) is 15.5. The van der Waals surface area contributed by atoms with Gasteiger partial charge in [0, 0.05) is 5.56 Å². The Morgan fingerprint density at radius 2 is 2.00 bits per heavy atom. The maximum Gasteiger partial charge on any atom is 0.407 e. The van der Waals surface area contributed by atoms with Crippen LogP contribution in [0.4, 0.5) is 4.79 Å². The van der Waals surface area contributed by atoms with Crippen molar-refractivity contribution in [1.82, 2.24) is 5.32 Å². The van der Waals surface area contributed by atoms with E-state index >= 15 is 0 Å². The summed E-state index contributed by atoms with van der Waals surface area (Å²) in [5.41, 5.74) is 1.79. The molecule has 0 saturated carbocycles. The van der Waals surface area contributed by atoms with E-state index in [2.05, 4.69) is 11.2 Å². The van der Waals surface area contributed by atoms with Gasteiger partial charge >= 0.3 is 6.09 Å². The predicted octanol–water partition coefficient (Wildman–Crippen LogP) is 3.14. The van der Waals surface area contributed by atoms with Crippen molar-refractivity contribution in [3.05, 3.63) is 65.7 Å². The number of terminal acetylenes is 1. The third-order valence-electron chi connectivity index (χ3n) is 3.11. The smallest absolute Gasteiger partial charge is 0.407 e. The summed E-state index contributed by atoms with van der Waals surface area (Å²) >= 11 is 0. The van der Waals surface area contributed by atoms with Crippen LogP contribution in [0, 0.1) is 12.3 Å². The summed E-state index contributed by atoms with van der Waals surface area (Å²) in [6.07, 6.45) is 4.90. The molecular weight excluding hydrogens is 278 g/mol. The van der Waals surface area contributed by atoms with E-state index in [1.807, 2.05) is 54.6 Å². The van der Waals surface area contributed by atoms with E-state index in [0.717, 1.165) is 16.9 Å². The van der Waals surface area contributed by atoms with E-state index in [-0.39, 0.29) is 12.1 Å². The lowest BCUT2D eigenvalue weighted by Gasteiger charge is -2.07. The topological polar surface area (TPSA) is 47.6 Å². The largest absolute Gasteiger partial charge is 0.497 e. The van der Waals surface area contributed by atoms with Crippen molar-refractivity contribution in [2.24, 2.45) is 0 Å². The Morgan fingerprint density at radius 1 is 1.23 bits per heavy atom. The van der Waals surface area contributed by atoms with Gasteiger partial charge in [0.25, 0.3) is 0 Å². The molecule has 1 aliphatic rings. The molecule has 1 saturated heterocycles. The van der Waals surface area contributed by atoms with E-state index < -0.39 is 0 Å². The second-order valence-corrected chi connectivity index (χ2v) is 4.58. The van der Waals surface area contributed by atoms with Crippen LogP contribution in [0.3, 0.4) is 0 Å². The molecule has 3 rings (SSSR count). The number of amides is 1. The molecule has 0 aromatic heterocycles. The Labute approximate surface area is 130 Å². The summed E-state index contributed by atoms with van der Waals surface area (Å²) in [6.45, 7) is 0.368. The van der Waals surface area contributed by atoms with Crippen molar-refractivity contribution < 1.29 is 14.3 Å². The molecule has 1 heterocycles. The van der Waals surface area contributed by atoms with Crippen molar-refractivity contribution in [2.75, 3.05) is 13.7 Å². The van der Waals surface area contributed by atoms with E-state index in [1.165, 1.54) is 0 Å². The summed E-state index contributed by atoms with van der Waals surface area (Å²) in [4.78, 5) is 10.8. The molecule has 2 aromatic carbocycles. The van der Waals surface area contributed by atoms with Gasteiger partial charge in [0.1, 0.15) is 12.4 Å². The average molecular weight is 295 g/mol. The second-order valence-electron chi connectivity index (χ2n) is 4.58. The molecule has 1 atom stereocenters. The molecule has 4 heteroatoms. The predicted molar refractivity (Wildman–Crippen MR) is 84.6 cm³/mol. The zero-order valence-corrected chi connectivity index (χ0v) is 12.3. The number of carbonyl (C=O) groups excluding carboxylic acids is 1. The van der Waals surface area contributed by atoms with Crippen LogP contribution in [0.15, 0.2) is 54.6 Å². The van der Waals surface area contributed by atoms with Gasteiger partial charge in [-0.05, 0) is 29.8 Å². The van der Waals surface area contributed by atoms with Crippen LogP contribution in [0.5, 0.6) is 5.75 Å². The van der Waals surface area contributed by atoms with Gasteiger partial charge in [0.2, 0.25) is 0 Å².